The second-order valence-electron chi connectivity index (χ2n) is 25.0. The summed E-state index contributed by atoms with van der Waals surface area (Å²) in [6, 6.07) is 15.3. The van der Waals surface area contributed by atoms with Gasteiger partial charge in [0.25, 0.3) is 0 Å². The maximum Gasteiger partial charge on any atom is 0.410 e. The minimum atomic E-state index is -2.03. The number of likely N-dealkylation sites (tertiary alicyclic amines) is 1. The predicted octanol–water partition coefficient (Wildman–Crippen LogP) is 2.93. The molecule has 0 spiro atoms. The van der Waals surface area contributed by atoms with Gasteiger partial charge in [-0.2, -0.15) is 0 Å². The van der Waals surface area contributed by atoms with Gasteiger partial charge in [-0.1, -0.05) is 116 Å². The molecule has 3 aromatic carbocycles. The lowest BCUT2D eigenvalue weighted by Gasteiger charge is -2.41. The summed E-state index contributed by atoms with van der Waals surface area (Å²) in [5.74, 6) is -5.93. The number of aromatic nitrogens is 4. The number of rotatable bonds is 32. The molecule has 30 heteroatoms. The lowest BCUT2D eigenvalue weighted by atomic mass is 9.89. The number of carboxylic acid groups (broad SMARTS) is 1. The van der Waals surface area contributed by atoms with E-state index >= 15 is 0 Å². The number of carbonyl (C=O) groups is 8. The summed E-state index contributed by atoms with van der Waals surface area (Å²) in [5.41, 5.74) is 2.18. The fourth-order valence-electron chi connectivity index (χ4n) is 11.9. The minimum absolute atomic E-state index is 0.116. The van der Waals surface area contributed by atoms with Gasteiger partial charge in [0.2, 0.25) is 41.7 Å². The molecular weight excluding hydrogens is 1250 g/mol. The molecule has 3 heterocycles. The van der Waals surface area contributed by atoms with Gasteiger partial charge in [-0.3, -0.25) is 28.9 Å². The zero-order chi connectivity index (χ0) is 70.7. The Bertz CT molecular complexity index is 3230. The number of aliphatic carboxylic acids is 1. The van der Waals surface area contributed by atoms with Crippen molar-refractivity contribution in [1.29, 1.82) is 0 Å². The number of likely N-dealkylation sites (N-methyl/N-ethyl adjacent to an activating group) is 2. The van der Waals surface area contributed by atoms with Gasteiger partial charge in [0.15, 0.2) is 12.4 Å². The molecule has 4 aromatic rings. The van der Waals surface area contributed by atoms with Crippen LogP contribution >= 0.6 is 0 Å². The summed E-state index contributed by atoms with van der Waals surface area (Å²) < 4.78 is 28.9. The van der Waals surface area contributed by atoms with Crippen LogP contribution in [0.1, 0.15) is 110 Å². The molecule has 0 radical (unpaired) electrons. The van der Waals surface area contributed by atoms with Gasteiger partial charge in [0.1, 0.15) is 42.8 Å². The molecule has 0 bridgehead atoms. The van der Waals surface area contributed by atoms with Crippen molar-refractivity contribution >= 4 is 53.3 Å². The number of aliphatic hydroxyl groups is 4. The number of nitrogens with zero attached hydrogens (tertiary/aromatic N) is 7. The quantitative estimate of drug-likeness (QED) is 0.0336. The van der Waals surface area contributed by atoms with Crippen LogP contribution in [-0.2, 0) is 60.9 Å². The Labute approximate surface area is 558 Å². The van der Waals surface area contributed by atoms with Gasteiger partial charge in [-0.25, -0.2) is 14.4 Å². The maximum absolute atomic E-state index is 14.9. The van der Waals surface area contributed by atoms with Crippen LogP contribution < -0.4 is 31.3 Å². The van der Waals surface area contributed by atoms with E-state index in [1.807, 2.05) is 19.9 Å². The average Bonchev–Trinajstić information content (AvgIpc) is 1.05. The lowest BCUT2D eigenvalue weighted by molar-refractivity contribution is -0.271. The third-order valence-electron chi connectivity index (χ3n) is 17.5. The molecule has 1 aromatic heterocycles. The van der Waals surface area contributed by atoms with Crippen LogP contribution in [0.2, 0.25) is 0 Å². The van der Waals surface area contributed by atoms with E-state index in [1.54, 1.807) is 102 Å². The predicted molar refractivity (Wildman–Crippen MR) is 346 cm³/mol. The number of hydrogen-bond donors (Lipinski definition) is 10. The molecule has 2 saturated heterocycles. The summed E-state index contributed by atoms with van der Waals surface area (Å²) in [5, 5.41) is 81.2. The van der Waals surface area contributed by atoms with E-state index in [-0.39, 0.29) is 60.7 Å². The lowest BCUT2D eigenvalue weighted by Crippen LogP contribution is -2.61. The minimum Gasteiger partial charge on any atom is -0.479 e. The number of aliphatic hydroxyl groups excluding tert-OH is 4. The summed E-state index contributed by atoms with van der Waals surface area (Å²) >= 11 is 0. The first-order valence-electron chi connectivity index (χ1n) is 32.1. The number of carboxylic acids is 1. The summed E-state index contributed by atoms with van der Waals surface area (Å²) in [7, 11) is 5.93. The number of hydrogen-bond acceptors (Lipinski definition) is 21. The van der Waals surface area contributed by atoms with E-state index in [0.29, 0.717) is 42.8 Å². The topological polar surface area (TPSA) is 405 Å². The molecule has 96 heavy (non-hydrogen) atoms. The van der Waals surface area contributed by atoms with Gasteiger partial charge >= 0.3 is 18.1 Å². The number of carbonyl (C=O) groups excluding carboxylic acids is 7. The highest BCUT2D eigenvalue weighted by atomic mass is 16.7. The van der Waals surface area contributed by atoms with Crippen LogP contribution in [-0.4, -0.2) is 223 Å². The monoisotopic (exact) mass is 1340 g/mol. The second kappa shape index (κ2) is 36.0. The molecule has 30 nitrogen and oxygen atoms in total. The van der Waals surface area contributed by atoms with E-state index in [4.69, 9.17) is 23.7 Å². The smallest absolute Gasteiger partial charge is 0.410 e. The van der Waals surface area contributed by atoms with E-state index < -0.39 is 139 Å². The van der Waals surface area contributed by atoms with E-state index in [9.17, 15) is 63.9 Å². The molecule has 2 fully saturated rings. The number of amides is 8. The second-order valence-corrected chi connectivity index (χ2v) is 25.0. The number of anilines is 1. The highest BCUT2D eigenvalue weighted by Gasteiger charge is 2.49. The van der Waals surface area contributed by atoms with Crippen molar-refractivity contribution in [2.24, 2.45) is 23.7 Å². The van der Waals surface area contributed by atoms with E-state index in [0.717, 1.165) is 10.5 Å². The zero-order valence-corrected chi connectivity index (χ0v) is 56.4. The van der Waals surface area contributed by atoms with Crippen LogP contribution in [0.25, 0.3) is 11.4 Å². The number of nitrogens with one attached hydrogen (secondary N) is 5. The standard InChI is InChI=1S/C66H94N12O18/c1-13-37(6)52(47(92-11)31-49(80)78-29-17-20-45(78)57(93-12)38(7)60(85)71-39(8)53(81)42-18-15-14-16-19-42)76(9)62(87)50(35(2)3)73-61(86)51(36(4)5)77(10)66(91)94-33-41-23-26-46(95-64-56(84)54(82)55(83)58(96-64)63(88)89)44(30-41)72-48(79)27-28-67-65(90)68-32-40-21-24-43(25-22-40)59-74-69-34-70-75-59/h14-16,18-19,21-26,30,34-39,45,47,50-58,64,81-84H,13,17,20,27-29,31-33H2,1-12H3,(H,71,85)(H,72,79)(H,73,86)(H,88,89)(H2,67,68,90)/t37-,38+,39+,45-,47+,50-,51-,52-,53+,54-,55-,56+,57+,58-,64+/m0/s1. The molecule has 0 aliphatic carbocycles. The Morgan fingerprint density at radius 3 is 2.06 bits per heavy atom. The van der Waals surface area contributed by atoms with Crippen molar-refractivity contribution in [2.75, 3.05) is 46.7 Å². The fraction of sp³-hybridized carbons (Fsp3) is 0.576. The van der Waals surface area contributed by atoms with E-state index in [2.05, 4.69) is 47.0 Å². The van der Waals surface area contributed by atoms with Crippen LogP contribution in [0.3, 0.4) is 0 Å². The molecule has 0 saturated carbocycles. The zero-order valence-electron chi connectivity index (χ0n) is 56.4. The number of methoxy groups -OCH3 is 2. The first-order chi connectivity index (χ1) is 45.6. The third-order valence-corrected chi connectivity index (χ3v) is 17.5. The van der Waals surface area contributed by atoms with Crippen molar-refractivity contribution < 1.29 is 87.6 Å². The molecule has 526 valence electrons. The van der Waals surface area contributed by atoms with Crippen molar-refractivity contribution in [3.63, 3.8) is 0 Å². The molecule has 0 unspecified atom stereocenters. The first kappa shape index (κ1) is 76.5. The Balaban J connectivity index is 1.10. The number of urea groups is 1. The fourth-order valence-corrected chi connectivity index (χ4v) is 11.9. The van der Waals surface area contributed by atoms with Crippen molar-refractivity contribution in [3.05, 3.63) is 95.8 Å². The van der Waals surface area contributed by atoms with Crippen LogP contribution in [0.5, 0.6) is 5.75 Å². The van der Waals surface area contributed by atoms with Gasteiger partial charge < -0.3 is 85.6 Å². The molecule has 2 aliphatic rings. The highest BCUT2D eigenvalue weighted by Crippen LogP contribution is 2.33. The summed E-state index contributed by atoms with van der Waals surface area (Å²) in [6.07, 6.45) is -10.8. The summed E-state index contributed by atoms with van der Waals surface area (Å²) in [6.45, 7) is 14.2. The Morgan fingerprint density at radius 1 is 0.781 bits per heavy atom. The largest absolute Gasteiger partial charge is 0.479 e. The van der Waals surface area contributed by atoms with Crippen LogP contribution in [0.15, 0.2) is 79.1 Å². The summed E-state index contributed by atoms with van der Waals surface area (Å²) in [4.78, 5) is 114. The Kier molecular flexibility index (Phi) is 28.7. The van der Waals surface area contributed by atoms with Gasteiger partial charge in [-0.15, -0.1) is 20.4 Å². The SMILES string of the molecule is CC[C@H](C)[C@@H]([C@@H](CC(=O)N1CCC[C@H]1[C@H](OC)[C@@H](C)C(=O)N[C@H](C)[C@@H](O)c1ccccc1)OC)N(C)C(=O)[C@@H](NC(=O)[C@H](C(C)C)N(C)C(=O)OCc1ccc(O[C@@H]2O[C@H](C(=O)O)[C@@H](O)[C@H](O)[C@H]2O)c(NC(=O)CCNC(=O)NCc2ccc(-c3nncnn3)cc2)c1)C(C)C. The van der Waals surface area contributed by atoms with Gasteiger partial charge in [0.05, 0.1) is 54.5 Å². The molecule has 2 aliphatic heterocycles. The van der Waals surface area contributed by atoms with E-state index in [1.165, 1.54) is 50.7 Å². The molecular formula is C66H94N12O18. The molecule has 15 atom stereocenters. The van der Waals surface area contributed by atoms with Crippen molar-refractivity contribution in [3.8, 4) is 17.1 Å². The molecule has 8 amide bonds. The van der Waals surface area contributed by atoms with Crippen molar-refractivity contribution in [2.45, 2.75) is 180 Å². The molecule has 6 rings (SSSR count). The molecule has 10 N–H and O–H groups in total. The number of benzene rings is 3. The van der Waals surface area contributed by atoms with Crippen molar-refractivity contribution in [1.82, 2.24) is 56.4 Å². The Morgan fingerprint density at radius 2 is 1.45 bits per heavy atom. The van der Waals surface area contributed by atoms with Crippen LogP contribution in [0.4, 0.5) is 15.3 Å². The van der Waals surface area contributed by atoms with Gasteiger partial charge in [-0.05, 0) is 66.3 Å². The Hall–Kier alpha value is -8.52. The third kappa shape index (κ3) is 20.0. The van der Waals surface area contributed by atoms with Crippen LogP contribution in [0, 0.1) is 23.7 Å². The van der Waals surface area contributed by atoms with Gasteiger partial charge in [0, 0.05) is 59.9 Å². The highest BCUT2D eigenvalue weighted by molar-refractivity contribution is 5.93. The first-order valence-corrected chi connectivity index (χ1v) is 32.1. The normalized spacial score (nSPS) is 20.6. The maximum atomic E-state index is 14.9. The average molecular weight is 1340 g/mol. The number of ether oxygens (including phenoxy) is 5.